The van der Waals surface area contributed by atoms with E-state index in [0.29, 0.717) is 6.42 Å². The van der Waals surface area contributed by atoms with Gasteiger partial charge in [0.2, 0.25) is 0 Å². The zero-order chi connectivity index (χ0) is 19.2. The van der Waals surface area contributed by atoms with Crippen molar-refractivity contribution < 1.29 is 19.4 Å². The van der Waals surface area contributed by atoms with Crippen molar-refractivity contribution in [2.45, 2.75) is 51.6 Å². The van der Waals surface area contributed by atoms with Gasteiger partial charge in [0.15, 0.2) is 0 Å². The lowest BCUT2D eigenvalue weighted by molar-refractivity contribution is -0.147. The first kappa shape index (κ1) is 19.7. The molecule has 0 aromatic heterocycles. The number of carbonyl (C=O) groups is 2. The molecule has 2 aromatic carbocycles. The fraction of sp³-hybridized carbons (Fsp3) is 0.364. The Labute approximate surface area is 154 Å². The molecule has 0 heterocycles. The number of aliphatic carboxylic acids is 1. The van der Waals surface area contributed by atoms with Crippen molar-refractivity contribution >= 4 is 11.9 Å². The Bertz CT molecular complexity index is 728. The van der Waals surface area contributed by atoms with Gasteiger partial charge in [-0.2, -0.15) is 0 Å². The van der Waals surface area contributed by atoms with E-state index in [2.05, 4.69) is 12.1 Å². The lowest BCUT2D eigenvalue weighted by Crippen LogP contribution is -2.19. The van der Waals surface area contributed by atoms with Gasteiger partial charge in [0.05, 0.1) is 11.5 Å². The molecule has 0 saturated heterocycles. The van der Waals surface area contributed by atoms with Gasteiger partial charge in [-0.25, -0.2) is 0 Å². The van der Waals surface area contributed by atoms with Crippen LogP contribution in [0.3, 0.4) is 0 Å². The van der Waals surface area contributed by atoms with Crippen molar-refractivity contribution in [3.63, 3.8) is 0 Å². The van der Waals surface area contributed by atoms with Gasteiger partial charge in [-0.15, -0.1) is 0 Å². The third kappa shape index (κ3) is 4.94. The van der Waals surface area contributed by atoms with Crippen molar-refractivity contribution in [2.75, 3.05) is 0 Å². The largest absolute Gasteiger partial charge is 0.481 e. The van der Waals surface area contributed by atoms with E-state index in [1.807, 2.05) is 56.3 Å². The van der Waals surface area contributed by atoms with E-state index in [-0.39, 0.29) is 12.1 Å². The van der Waals surface area contributed by atoms with Gasteiger partial charge in [-0.1, -0.05) is 61.5 Å². The number of hydrogen-bond acceptors (Lipinski definition) is 3. The minimum absolute atomic E-state index is 0.0300. The van der Waals surface area contributed by atoms with E-state index in [1.54, 1.807) is 6.92 Å². The highest BCUT2D eigenvalue weighted by atomic mass is 16.5. The fourth-order valence-electron chi connectivity index (χ4n) is 2.71. The molecule has 1 aliphatic carbocycles. The Morgan fingerprint density at radius 3 is 1.92 bits per heavy atom. The summed E-state index contributed by atoms with van der Waals surface area (Å²) < 4.78 is 4.76. The topological polar surface area (TPSA) is 63.6 Å². The first-order valence-electron chi connectivity index (χ1n) is 8.98. The van der Waals surface area contributed by atoms with Crippen molar-refractivity contribution in [2.24, 2.45) is 0 Å². The third-order valence-corrected chi connectivity index (χ3v) is 4.36. The van der Waals surface area contributed by atoms with Crippen molar-refractivity contribution in [3.8, 4) is 11.1 Å². The second kappa shape index (κ2) is 8.65. The third-order valence-electron chi connectivity index (χ3n) is 4.36. The average Bonchev–Trinajstić information content (AvgIpc) is 3.45. The first-order valence-corrected chi connectivity index (χ1v) is 8.98. The predicted octanol–water partition coefficient (Wildman–Crippen LogP) is 4.82. The summed E-state index contributed by atoms with van der Waals surface area (Å²) >= 11 is 0. The summed E-state index contributed by atoms with van der Waals surface area (Å²) in [6.45, 7) is 5.46. The second-order valence-electron chi connectivity index (χ2n) is 6.72. The summed E-state index contributed by atoms with van der Waals surface area (Å²) in [4.78, 5) is 21.6. The Hall–Kier alpha value is -2.62. The summed E-state index contributed by atoms with van der Waals surface area (Å²) in [5.41, 5.74) is 2.61. The molecule has 0 unspecified atom stereocenters. The second-order valence-corrected chi connectivity index (χ2v) is 6.72. The van der Waals surface area contributed by atoms with E-state index < -0.39 is 11.4 Å². The Balaban J connectivity index is 0.000000260. The van der Waals surface area contributed by atoms with Gasteiger partial charge < -0.3 is 9.84 Å². The number of carboxylic acids is 1. The first-order chi connectivity index (χ1) is 12.4. The van der Waals surface area contributed by atoms with Gasteiger partial charge in [0.25, 0.3) is 0 Å². The van der Waals surface area contributed by atoms with E-state index in [9.17, 15) is 14.7 Å². The maximum atomic E-state index is 11.2. The lowest BCUT2D eigenvalue weighted by Gasteiger charge is -2.10. The molecule has 1 aliphatic rings. The molecule has 1 fully saturated rings. The van der Waals surface area contributed by atoms with Crippen LogP contribution in [0.25, 0.3) is 11.1 Å². The van der Waals surface area contributed by atoms with Crippen LogP contribution in [0.4, 0.5) is 0 Å². The standard InChI is InChI=1S/C16H14O2.C6H12O2/c17-15(18)16(10-11-16)14-8-6-13(7-9-14)12-4-2-1-3-5-12;1-4-6(7)8-5(2)3/h1-9H,10-11H2,(H,17,18);5H,4H2,1-3H3. The summed E-state index contributed by atoms with van der Waals surface area (Å²) in [6, 6.07) is 18.0. The molecule has 4 heteroatoms. The van der Waals surface area contributed by atoms with Crippen LogP contribution < -0.4 is 0 Å². The van der Waals surface area contributed by atoms with Crippen molar-refractivity contribution in [3.05, 3.63) is 60.2 Å². The van der Waals surface area contributed by atoms with Gasteiger partial charge in [-0.05, 0) is 43.4 Å². The number of carbonyl (C=O) groups excluding carboxylic acids is 1. The summed E-state index contributed by atoms with van der Waals surface area (Å²) in [5, 5.41) is 9.24. The zero-order valence-corrected chi connectivity index (χ0v) is 15.6. The van der Waals surface area contributed by atoms with E-state index in [0.717, 1.165) is 29.5 Å². The van der Waals surface area contributed by atoms with Gasteiger partial charge in [0, 0.05) is 6.42 Å². The van der Waals surface area contributed by atoms with Crippen LogP contribution in [0.1, 0.15) is 45.6 Å². The maximum Gasteiger partial charge on any atom is 0.314 e. The number of esters is 1. The summed E-state index contributed by atoms with van der Waals surface area (Å²) in [7, 11) is 0. The molecule has 2 aromatic rings. The van der Waals surface area contributed by atoms with Crippen LogP contribution in [0.15, 0.2) is 54.6 Å². The Morgan fingerprint density at radius 1 is 1.00 bits per heavy atom. The molecule has 26 heavy (non-hydrogen) atoms. The molecule has 0 aliphatic heterocycles. The van der Waals surface area contributed by atoms with Crippen molar-refractivity contribution in [1.82, 2.24) is 0 Å². The van der Waals surface area contributed by atoms with E-state index in [4.69, 9.17) is 4.74 Å². The molecule has 1 saturated carbocycles. The van der Waals surface area contributed by atoms with Crippen molar-refractivity contribution in [1.29, 1.82) is 0 Å². The highest BCUT2D eigenvalue weighted by Crippen LogP contribution is 2.48. The molecule has 0 atom stereocenters. The molecule has 1 N–H and O–H groups in total. The van der Waals surface area contributed by atoms with Crippen LogP contribution in [-0.2, 0) is 19.7 Å². The molecular formula is C22H26O4. The van der Waals surface area contributed by atoms with Crippen LogP contribution in [0.2, 0.25) is 0 Å². The maximum absolute atomic E-state index is 11.2. The molecule has 0 bridgehead atoms. The predicted molar refractivity (Wildman–Crippen MR) is 102 cm³/mol. The number of rotatable bonds is 5. The number of carboxylic acid groups (broad SMARTS) is 1. The lowest BCUT2D eigenvalue weighted by atomic mass is 9.94. The highest BCUT2D eigenvalue weighted by molar-refractivity contribution is 5.85. The van der Waals surface area contributed by atoms with E-state index >= 15 is 0 Å². The van der Waals surface area contributed by atoms with Crippen LogP contribution in [-0.4, -0.2) is 23.1 Å². The molecule has 0 radical (unpaired) electrons. The quantitative estimate of drug-likeness (QED) is 0.782. The van der Waals surface area contributed by atoms with Crippen LogP contribution >= 0.6 is 0 Å². The molecule has 138 valence electrons. The average molecular weight is 354 g/mol. The molecule has 0 amide bonds. The fourth-order valence-corrected chi connectivity index (χ4v) is 2.71. The van der Waals surface area contributed by atoms with Crippen LogP contribution in [0.5, 0.6) is 0 Å². The monoisotopic (exact) mass is 354 g/mol. The summed E-state index contributed by atoms with van der Waals surface area (Å²) in [5.74, 6) is -0.824. The Kier molecular flexibility index (Phi) is 6.56. The van der Waals surface area contributed by atoms with Gasteiger partial charge in [0.1, 0.15) is 0 Å². The normalized spacial score (nSPS) is 14.2. The molecule has 0 spiro atoms. The number of benzene rings is 2. The minimum atomic E-state index is -0.699. The summed E-state index contributed by atoms with van der Waals surface area (Å²) in [6.07, 6.45) is 2.01. The highest BCUT2D eigenvalue weighted by Gasteiger charge is 2.51. The minimum Gasteiger partial charge on any atom is -0.481 e. The van der Waals surface area contributed by atoms with Gasteiger partial charge in [-0.3, -0.25) is 9.59 Å². The van der Waals surface area contributed by atoms with Gasteiger partial charge >= 0.3 is 11.9 Å². The SMILES string of the molecule is CCC(=O)OC(C)C.O=C(O)C1(c2ccc(-c3ccccc3)cc2)CC1. The zero-order valence-electron chi connectivity index (χ0n) is 15.6. The molecular weight excluding hydrogens is 328 g/mol. The smallest absolute Gasteiger partial charge is 0.314 e. The van der Waals surface area contributed by atoms with Crippen LogP contribution in [0, 0.1) is 0 Å². The molecule has 3 rings (SSSR count). The Morgan fingerprint density at radius 2 is 1.54 bits per heavy atom. The number of ether oxygens (including phenoxy) is 1. The van der Waals surface area contributed by atoms with E-state index in [1.165, 1.54) is 0 Å². The number of hydrogen-bond donors (Lipinski definition) is 1. The molecule has 4 nitrogen and oxygen atoms in total.